The predicted octanol–water partition coefficient (Wildman–Crippen LogP) is 1.38. The molecule has 1 unspecified atom stereocenters. The van der Waals surface area contributed by atoms with Gasteiger partial charge in [0.1, 0.15) is 17.7 Å². The van der Waals surface area contributed by atoms with Crippen molar-refractivity contribution in [1.82, 2.24) is 24.6 Å². The average molecular weight is 538 g/mol. The SMILES string of the molecule is CCNc1nc(N)nc2c1ncn2[C@@H]1O[C@](CCl)(CO[PH](=O)N[C@@H](C)C(=O)OC(C)C)[C@@H](O)[C@@H]1F. The van der Waals surface area contributed by atoms with Crippen molar-refractivity contribution in [1.29, 1.82) is 0 Å². The van der Waals surface area contributed by atoms with Gasteiger partial charge in [-0.1, -0.05) is 0 Å². The number of aliphatic hydroxyl groups excluding tert-OH is 1. The maximum absolute atomic E-state index is 15.3. The number of carbonyl (C=O) groups is 1. The molecule has 1 fully saturated rings. The summed E-state index contributed by atoms with van der Waals surface area (Å²) in [6.45, 7) is 6.71. The first-order valence-corrected chi connectivity index (χ1v) is 12.8. The first-order valence-electron chi connectivity index (χ1n) is 11.0. The Hall–Kier alpha value is -2.09. The van der Waals surface area contributed by atoms with Crippen molar-refractivity contribution in [3.8, 4) is 0 Å². The lowest BCUT2D eigenvalue weighted by Gasteiger charge is -2.29. The zero-order valence-corrected chi connectivity index (χ0v) is 21.5. The van der Waals surface area contributed by atoms with E-state index in [1.54, 1.807) is 13.8 Å². The van der Waals surface area contributed by atoms with Crippen LogP contribution in [0.25, 0.3) is 11.2 Å². The quantitative estimate of drug-likeness (QED) is 0.184. The molecule has 2 aromatic rings. The second kappa shape index (κ2) is 11.3. The molecule has 5 N–H and O–H groups in total. The molecule has 2 aromatic heterocycles. The number of ether oxygens (including phenoxy) is 2. The molecule has 1 aliphatic heterocycles. The number of anilines is 2. The van der Waals surface area contributed by atoms with Crippen molar-refractivity contribution >= 4 is 48.7 Å². The van der Waals surface area contributed by atoms with Crippen LogP contribution in [-0.4, -0.2) is 79.6 Å². The number of alkyl halides is 2. The smallest absolute Gasteiger partial charge is 0.323 e. The molecule has 0 bridgehead atoms. The van der Waals surface area contributed by atoms with Crippen LogP contribution in [0.4, 0.5) is 16.2 Å². The van der Waals surface area contributed by atoms with E-state index in [1.165, 1.54) is 17.8 Å². The van der Waals surface area contributed by atoms with Gasteiger partial charge in [-0.2, -0.15) is 9.97 Å². The summed E-state index contributed by atoms with van der Waals surface area (Å²) < 4.78 is 45.1. The van der Waals surface area contributed by atoms with Crippen LogP contribution in [0.1, 0.15) is 33.9 Å². The zero-order chi connectivity index (χ0) is 25.9. The molecular formula is C19H30ClFN7O6P. The van der Waals surface area contributed by atoms with Crippen LogP contribution in [0.5, 0.6) is 0 Å². The Morgan fingerprint density at radius 1 is 1.46 bits per heavy atom. The number of imidazole rings is 1. The van der Waals surface area contributed by atoms with E-state index in [9.17, 15) is 14.5 Å². The van der Waals surface area contributed by atoms with Crippen LogP contribution in [0.3, 0.4) is 0 Å². The normalized spacial score (nSPS) is 26.2. The molecule has 35 heavy (non-hydrogen) atoms. The molecule has 16 heteroatoms. The van der Waals surface area contributed by atoms with E-state index >= 15 is 4.39 Å². The Bertz CT molecular complexity index is 1080. The fraction of sp³-hybridized carbons (Fsp3) is 0.684. The van der Waals surface area contributed by atoms with Gasteiger partial charge in [-0.15, -0.1) is 11.6 Å². The summed E-state index contributed by atoms with van der Waals surface area (Å²) in [6, 6.07) is -0.916. The molecule has 0 saturated carbocycles. The van der Waals surface area contributed by atoms with E-state index in [-0.39, 0.29) is 23.6 Å². The maximum atomic E-state index is 15.3. The second-order valence-electron chi connectivity index (χ2n) is 8.31. The maximum Gasteiger partial charge on any atom is 0.323 e. The summed E-state index contributed by atoms with van der Waals surface area (Å²) in [5.41, 5.74) is 4.57. The van der Waals surface area contributed by atoms with Crippen molar-refractivity contribution in [2.75, 3.05) is 30.1 Å². The van der Waals surface area contributed by atoms with Gasteiger partial charge < -0.3 is 30.2 Å². The highest BCUT2D eigenvalue weighted by Gasteiger charge is 2.56. The lowest BCUT2D eigenvalue weighted by Crippen LogP contribution is -2.47. The van der Waals surface area contributed by atoms with Gasteiger partial charge >= 0.3 is 5.97 Å². The first kappa shape index (κ1) is 27.5. The van der Waals surface area contributed by atoms with Gasteiger partial charge in [-0.3, -0.25) is 13.9 Å². The van der Waals surface area contributed by atoms with Gasteiger partial charge in [-0.25, -0.2) is 14.5 Å². The number of hydrogen-bond donors (Lipinski definition) is 4. The van der Waals surface area contributed by atoms with E-state index in [2.05, 4.69) is 25.4 Å². The molecule has 3 rings (SSSR count). The fourth-order valence-electron chi connectivity index (χ4n) is 3.51. The van der Waals surface area contributed by atoms with Crippen LogP contribution in [0.2, 0.25) is 0 Å². The van der Waals surface area contributed by atoms with Crippen LogP contribution in [0, 0.1) is 0 Å². The molecule has 3 heterocycles. The number of nitrogens with zero attached hydrogens (tertiary/aromatic N) is 4. The van der Waals surface area contributed by atoms with Crippen molar-refractivity contribution in [2.45, 2.75) is 63.9 Å². The van der Waals surface area contributed by atoms with E-state index < -0.39 is 50.9 Å². The second-order valence-corrected chi connectivity index (χ2v) is 9.73. The van der Waals surface area contributed by atoms with Gasteiger partial charge in [-0.05, 0) is 27.7 Å². The largest absolute Gasteiger partial charge is 0.462 e. The molecule has 0 aromatic carbocycles. The van der Waals surface area contributed by atoms with Gasteiger partial charge in [0.05, 0.1) is 24.9 Å². The third-order valence-electron chi connectivity index (χ3n) is 5.24. The number of aromatic nitrogens is 4. The lowest BCUT2D eigenvalue weighted by molar-refractivity contribution is -0.149. The number of nitrogen functional groups attached to an aromatic ring is 1. The van der Waals surface area contributed by atoms with Crippen molar-refractivity contribution < 1.29 is 32.9 Å². The number of fused-ring (bicyclic) bond motifs is 1. The number of rotatable bonds is 11. The number of nitrogens with two attached hydrogens (primary N) is 1. The van der Waals surface area contributed by atoms with E-state index in [1.807, 2.05) is 6.92 Å². The Balaban J connectivity index is 1.76. The van der Waals surface area contributed by atoms with Gasteiger partial charge in [0.15, 0.2) is 29.4 Å². The van der Waals surface area contributed by atoms with Gasteiger partial charge in [0, 0.05) is 6.54 Å². The average Bonchev–Trinajstić information content (AvgIpc) is 3.32. The van der Waals surface area contributed by atoms with E-state index in [4.69, 9.17) is 31.3 Å². The van der Waals surface area contributed by atoms with Crippen molar-refractivity contribution in [3.63, 3.8) is 0 Å². The molecule has 0 radical (unpaired) electrons. The summed E-state index contributed by atoms with van der Waals surface area (Å²) in [6.07, 6.45) is -4.11. The van der Waals surface area contributed by atoms with Crippen LogP contribution in [0.15, 0.2) is 6.33 Å². The summed E-state index contributed by atoms with van der Waals surface area (Å²) >= 11 is 6.06. The monoisotopic (exact) mass is 537 g/mol. The molecule has 0 amide bonds. The topological polar surface area (TPSA) is 176 Å². The summed E-state index contributed by atoms with van der Waals surface area (Å²) in [4.78, 5) is 24.4. The first-order chi connectivity index (χ1) is 16.5. The Kier molecular flexibility index (Phi) is 8.89. The molecule has 1 aliphatic rings. The molecular weight excluding hydrogens is 508 g/mol. The number of carbonyl (C=O) groups excluding carboxylic acids is 1. The summed E-state index contributed by atoms with van der Waals surface area (Å²) in [5.74, 6) is -0.687. The molecule has 13 nitrogen and oxygen atoms in total. The molecule has 1 saturated heterocycles. The lowest BCUT2D eigenvalue weighted by atomic mass is 9.99. The minimum Gasteiger partial charge on any atom is -0.462 e. The number of nitrogens with one attached hydrogen (secondary N) is 2. The number of halogens is 2. The van der Waals surface area contributed by atoms with Crippen LogP contribution >= 0.6 is 19.8 Å². The molecule has 6 atom stereocenters. The third kappa shape index (κ3) is 5.84. The predicted molar refractivity (Wildman–Crippen MR) is 127 cm³/mol. The minimum absolute atomic E-state index is 0.0640. The number of esters is 1. The highest BCUT2D eigenvalue weighted by molar-refractivity contribution is 7.36. The number of aliphatic hydroxyl groups is 1. The van der Waals surface area contributed by atoms with Crippen molar-refractivity contribution in [3.05, 3.63) is 6.33 Å². The molecule has 196 valence electrons. The number of hydrogen-bond acceptors (Lipinski definition) is 11. The summed E-state index contributed by atoms with van der Waals surface area (Å²) in [7, 11) is -3.00. The summed E-state index contributed by atoms with van der Waals surface area (Å²) in [5, 5.41) is 16.2. The van der Waals surface area contributed by atoms with Gasteiger partial charge in [0.2, 0.25) is 5.95 Å². The van der Waals surface area contributed by atoms with Crippen LogP contribution < -0.4 is 16.1 Å². The minimum atomic E-state index is -3.00. The van der Waals surface area contributed by atoms with Crippen molar-refractivity contribution in [2.24, 2.45) is 0 Å². The molecule has 0 spiro atoms. The van der Waals surface area contributed by atoms with E-state index in [0.717, 1.165) is 0 Å². The Morgan fingerprint density at radius 2 is 2.17 bits per heavy atom. The third-order valence-corrected chi connectivity index (χ3v) is 6.77. The fourth-order valence-corrected chi connectivity index (χ4v) is 4.74. The molecule has 0 aliphatic carbocycles. The van der Waals surface area contributed by atoms with E-state index in [0.29, 0.717) is 17.9 Å². The Labute approximate surface area is 206 Å². The highest BCUT2D eigenvalue weighted by atomic mass is 35.5. The highest BCUT2D eigenvalue weighted by Crippen LogP contribution is 2.42. The Morgan fingerprint density at radius 3 is 2.80 bits per heavy atom. The van der Waals surface area contributed by atoms with Gasteiger partial charge in [0.25, 0.3) is 8.18 Å². The van der Waals surface area contributed by atoms with Crippen LogP contribution in [-0.2, 0) is 23.4 Å². The standard InChI is InChI=1S/C19H30ClFN7O6P/c1-5-23-14-12-15(26-18(22)25-14)28(8-24-12)16-11(21)13(29)19(6-20,34-16)7-32-35(31)27-10(4)17(30)33-9(2)3/h8-11,13,16,29,35H,5-7H2,1-4H3,(H,27,31)(H3,22,23,25,26)/t10-,11-,13-,16+,19+/m0/s1. The zero-order valence-electron chi connectivity index (χ0n) is 19.7.